The van der Waals surface area contributed by atoms with Crippen molar-refractivity contribution < 1.29 is 13.9 Å². The van der Waals surface area contributed by atoms with Crippen LogP contribution in [0.4, 0.5) is 4.39 Å². The number of aromatic amines is 2. The molecule has 0 unspecified atom stereocenters. The molecule has 0 radical (unpaired) electrons. The molecule has 1 atom stereocenters. The van der Waals surface area contributed by atoms with Crippen molar-refractivity contribution in [2.24, 2.45) is 0 Å². The van der Waals surface area contributed by atoms with Crippen molar-refractivity contribution in [3.8, 4) is 11.3 Å². The van der Waals surface area contributed by atoms with E-state index in [4.69, 9.17) is 4.74 Å². The molecule has 3 heterocycles. The number of benzene rings is 2. The molecule has 0 amide bonds. The summed E-state index contributed by atoms with van der Waals surface area (Å²) < 4.78 is 20.2. The molecule has 3 aromatic rings. The van der Waals surface area contributed by atoms with Gasteiger partial charge in [-0.15, -0.1) is 0 Å². The molecule has 0 spiro atoms. The second-order valence-electron chi connectivity index (χ2n) is 7.40. The molecule has 2 aliphatic heterocycles. The fraction of sp³-hybridized carbons (Fsp3) is 0.130. The number of imidazole rings is 1. The largest absolute Gasteiger partial charge is 0.465 e. The highest BCUT2D eigenvalue weighted by Gasteiger charge is 2.25. The molecule has 0 bridgehead atoms. The number of para-hydroxylation sites is 2. The van der Waals surface area contributed by atoms with Crippen molar-refractivity contribution in [2.75, 3.05) is 7.11 Å². The number of nitrogens with one attached hydrogen (secondary N) is 2. The molecular formula is C23H18FN5O3. The second-order valence-corrected chi connectivity index (χ2v) is 7.40. The van der Waals surface area contributed by atoms with Gasteiger partial charge in [-0.3, -0.25) is 4.79 Å². The van der Waals surface area contributed by atoms with Crippen LogP contribution in [0.5, 0.6) is 0 Å². The van der Waals surface area contributed by atoms with Crippen LogP contribution >= 0.6 is 0 Å². The van der Waals surface area contributed by atoms with E-state index in [0.29, 0.717) is 12.2 Å². The first kappa shape index (κ1) is 19.7. The number of esters is 1. The zero-order chi connectivity index (χ0) is 22.2. The fourth-order valence-electron chi connectivity index (χ4n) is 3.86. The Balaban J connectivity index is 1.67. The van der Waals surface area contributed by atoms with Gasteiger partial charge in [0.2, 0.25) is 0 Å². The van der Waals surface area contributed by atoms with E-state index in [1.807, 2.05) is 24.3 Å². The van der Waals surface area contributed by atoms with Gasteiger partial charge >= 0.3 is 5.97 Å². The maximum atomic E-state index is 13.6. The number of pyridine rings is 1. The summed E-state index contributed by atoms with van der Waals surface area (Å²) in [6, 6.07) is 13.4. The summed E-state index contributed by atoms with van der Waals surface area (Å²) in [6.45, 7) is 0. The minimum Gasteiger partial charge on any atom is -0.465 e. The summed E-state index contributed by atoms with van der Waals surface area (Å²) >= 11 is 0. The van der Waals surface area contributed by atoms with Crippen LogP contribution in [0.15, 0.2) is 65.7 Å². The predicted octanol–water partition coefficient (Wildman–Crippen LogP) is 3.31. The monoisotopic (exact) mass is 431 g/mol. The van der Waals surface area contributed by atoms with Crippen molar-refractivity contribution in [2.45, 2.75) is 12.5 Å². The summed E-state index contributed by atoms with van der Waals surface area (Å²) in [7, 11) is 1.27. The lowest BCUT2D eigenvalue weighted by Crippen LogP contribution is -2.19. The number of hydrogen-bond acceptors (Lipinski definition) is 5. The molecule has 160 valence electrons. The Morgan fingerprint density at radius 3 is 2.69 bits per heavy atom. The van der Waals surface area contributed by atoms with Gasteiger partial charge in [0.15, 0.2) is 0 Å². The standard InChI is InChI=1S/C23H18FN5O3/c1-32-23(31)16-12-29(11-15-21(16)27-28-22(15)30)19(13-6-8-14(24)9-7-13)10-20-25-17-4-2-3-5-18(17)26-20/h2-9,11-12,19H,10H2,1H3,(H,25,26)(H,28,30)/t19-/m0/s1. The highest BCUT2D eigenvalue weighted by atomic mass is 19.1. The molecule has 0 fully saturated rings. The van der Waals surface area contributed by atoms with Crippen LogP contribution < -0.4 is 5.56 Å². The number of ether oxygens (including phenoxy) is 1. The van der Waals surface area contributed by atoms with E-state index in [-0.39, 0.29) is 22.6 Å². The molecular weight excluding hydrogens is 413 g/mol. The highest BCUT2D eigenvalue weighted by molar-refractivity contribution is 5.96. The second kappa shape index (κ2) is 7.77. The van der Waals surface area contributed by atoms with Crippen molar-refractivity contribution in [3.63, 3.8) is 0 Å². The number of hydrogen-bond donors (Lipinski definition) is 2. The topological polar surface area (TPSA) is 106 Å². The van der Waals surface area contributed by atoms with Gasteiger partial charge in [-0.2, -0.15) is 5.10 Å². The van der Waals surface area contributed by atoms with Crippen molar-refractivity contribution in [1.29, 1.82) is 0 Å². The molecule has 32 heavy (non-hydrogen) atoms. The van der Waals surface area contributed by atoms with E-state index >= 15 is 0 Å². The first-order valence-electron chi connectivity index (χ1n) is 9.91. The summed E-state index contributed by atoms with van der Waals surface area (Å²) in [4.78, 5) is 32.7. The Bertz CT molecular complexity index is 1420. The molecule has 0 saturated heterocycles. The maximum Gasteiger partial charge on any atom is 0.341 e. The molecule has 9 heteroatoms. The number of aromatic nitrogens is 5. The third-order valence-corrected chi connectivity index (χ3v) is 5.43. The predicted molar refractivity (Wildman–Crippen MR) is 115 cm³/mol. The van der Waals surface area contributed by atoms with Crippen LogP contribution in [0.1, 0.15) is 27.8 Å². The van der Waals surface area contributed by atoms with Crippen molar-refractivity contribution >= 4 is 17.0 Å². The minimum absolute atomic E-state index is 0.153. The van der Waals surface area contributed by atoms with Gasteiger partial charge in [-0.1, -0.05) is 24.3 Å². The zero-order valence-corrected chi connectivity index (χ0v) is 17.0. The van der Waals surface area contributed by atoms with Gasteiger partial charge in [0.05, 0.1) is 29.7 Å². The number of carbonyl (C=O) groups excluding carboxylic acids is 1. The third-order valence-electron chi connectivity index (χ3n) is 5.43. The summed E-state index contributed by atoms with van der Waals surface area (Å²) in [6.07, 6.45) is 3.62. The summed E-state index contributed by atoms with van der Waals surface area (Å²) in [5.74, 6) is -0.261. The summed E-state index contributed by atoms with van der Waals surface area (Å²) in [5, 5.41) is 6.35. The smallest absolute Gasteiger partial charge is 0.341 e. The number of halogens is 1. The van der Waals surface area contributed by atoms with Gasteiger partial charge in [0.1, 0.15) is 22.9 Å². The van der Waals surface area contributed by atoms with Gasteiger partial charge in [-0.25, -0.2) is 19.3 Å². The Hall–Kier alpha value is -4.27. The van der Waals surface area contributed by atoms with Gasteiger partial charge < -0.3 is 14.3 Å². The van der Waals surface area contributed by atoms with Crippen LogP contribution in [0.25, 0.3) is 22.3 Å². The zero-order valence-electron chi connectivity index (χ0n) is 17.0. The molecule has 0 aliphatic carbocycles. The Morgan fingerprint density at radius 1 is 1.16 bits per heavy atom. The minimum atomic E-state index is -0.613. The van der Waals surface area contributed by atoms with Crippen LogP contribution in [-0.4, -0.2) is 37.8 Å². The number of carbonyl (C=O) groups is 1. The van der Waals surface area contributed by atoms with Crippen molar-refractivity contribution in [1.82, 2.24) is 24.7 Å². The van der Waals surface area contributed by atoms with Crippen LogP contribution in [0, 0.1) is 5.82 Å². The lowest BCUT2D eigenvalue weighted by atomic mass is 10.0. The molecule has 2 N–H and O–H groups in total. The number of rotatable bonds is 5. The van der Waals surface area contributed by atoms with E-state index in [0.717, 1.165) is 16.6 Å². The number of nitrogens with zero attached hydrogens (tertiary/aromatic N) is 3. The molecule has 2 aliphatic rings. The number of methoxy groups -OCH3 is 1. The van der Waals surface area contributed by atoms with Gasteiger partial charge in [-0.05, 0) is 29.8 Å². The highest BCUT2D eigenvalue weighted by Crippen LogP contribution is 2.28. The van der Waals surface area contributed by atoms with Crippen LogP contribution in [0.3, 0.4) is 0 Å². The first-order chi connectivity index (χ1) is 15.5. The molecule has 2 aromatic carbocycles. The maximum absolute atomic E-state index is 13.6. The van der Waals surface area contributed by atoms with E-state index in [2.05, 4.69) is 20.2 Å². The SMILES string of the molecule is COC(=O)c1cn([C@@H](Cc2nc3ccccc3[nH]2)c2ccc(F)cc2)cc2c(=O)[nH]nc1-2. The molecule has 0 saturated carbocycles. The molecule has 5 rings (SSSR count). The van der Waals surface area contributed by atoms with Crippen LogP contribution in [-0.2, 0) is 11.2 Å². The van der Waals surface area contributed by atoms with E-state index in [1.165, 1.54) is 19.2 Å². The number of H-pyrrole nitrogens is 2. The van der Waals surface area contributed by atoms with Gasteiger partial charge in [0, 0.05) is 18.8 Å². The van der Waals surface area contributed by atoms with Gasteiger partial charge in [0.25, 0.3) is 5.56 Å². The lowest BCUT2D eigenvalue weighted by Gasteiger charge is -2.22. The normalized spacial score (nSPS) is 12.3. The van der Waals surface area contributed by atoms with Crippen LogP contribution in [0.2, 0.25) is 0 Å². The van der Waals surface area contributed by atoms with E-state index in [1.54, 1.807) is 29.1 Å². The fourth-order valence-corrected chi connectivity index (χ4v) is 3.86. The first-order valence-corrected chi connectivity index (χ1v) is 9.91. The van der Waals surface area contributed by atoms with E-state index < -0.39 is 17.6 Å². The lowest BCUT2D eigenvalue weighted by molar-refractivity contribution is 0.0600. The Morgan fingerprint density at radius 2 is 1.94 bits per heavy atom. The Kier molecular flexibility index (Phi) is 4.78. The molecule has 8 nitrogen and oxygen atoms in total. The third kappa shape index (κ3) is 3.43. The Labute approximate surface area is 181 Å². The average Bonchev–Trinajstić information content (AvgIpc) is 3.40. The van der Waals surface area contributed by atoms with Crippen molar-refractivity contribution in [3.05, 3.63) is 94.0 Å². The molecule has 1 aromatic heterocycles. The summed E-state index contributed by atoms with van der Waals surface area (Å²) in [5.41, 5.74) is 2.73. The average molecular weight is 431 g/mol. The quantitative estimate of drug-likeness (QED) is 0.416. The number of fused-ring (bicyclic) bond motifs is 2. The van der Waals surface area contributed by atoms with E-state index in [9.17, 15) is 14.0 Å².